The highest BCUT2D eigenvalue weighted by molar-refractivity contribution is 7.88. The van der Waals surface area contributed by atoms with E-state index in [1.165, 1.54) is 0 Å². The van der Waals surface area contributed by atoms with Crippen LogP contribution in [0.2, 0.25) is 5.02 Å². The van der Waals surface area contributed by atoms with Gasteiger partial charge in [-0.2, -0.15) is 13.2 Å². The van der Waals surface area contributed by atoms with Crippen molar-refractivity contribution in [2.24, 2.45) is 0 Å². The Kier molecular flexibility index (Phi) is 7.13. The summed E-state index contributed by atoms with van der Waals surface area (Å²) in [5.74, 6) is 5.26. The fourth-order valence-corrected chi connectivity index (χ4v) is 3.21. The molecule has 0 aliphatic rings. The molecule has 4 nitrogen and oxygen atoms in total. The van der Waals surface area contributed by atoms with Crippen molar-refractivity contribution in [3.63, 3.8) is 0 Å². The summed E-state index contributed by atoms with van der Waals surface area (Å²) >= 11 is 5.91. The Bertz CT molecular complexity index is 933. The highest BCUT2D eigenvalue weighted by Gasteiger charge is 2.30. The lowest BCUT2D eigenvalue weighted by Gasteiger charge is -2.08. The smallest absolute Gasteiger partial charge is 0.416 e. The summed E-state index contributed by atoms with van der Waals surface area (Å²) in [6.07, 6.45) is -4.46. The van der Waals surface area contributed by atoms with Crippen LogP contribution in [0, 0.1) is 11.8 Å². The number of nitrogens with one attached hydrogen (secondary N) is 1. The largest absolute Gasteiger partial charge is 0.479 e. The standard InChI is InChI=1S/C18H15ClF3NO3S/c19-16-5-1-2-6-17(16)26-12-4-3-11-23-27(24,25)13-14-7-9-15(10-8-14)18(20,21)22/h1-2,5-10,23H,11-13H2. The van der Waals surface area contributed by atoms with Crippen molar-refractivity contribution in [2.75, 3.05) is 13.2 Å². The predicted octanol–water partition coefficient (Wildman–Crippen LogP) is 3.86. The molecule has 0 amide bonds. The zero-order valence-electron chi connectivity index (χ0n) is 13.9. The van der Waals surface area contributed by atoms with Gasteiger partial charge < -0.3 is 4.74 Å². The SMILES string of the molecule is O=S(=O)(Cc1ccc(C(F)(F)F)cc1)NCC#CCOc1ccccc1Cl. The number of halogens is 4. The second kappa shape index (κ2) is 9.13. The molecule has 0 unspecified atom stereocenters. The number of rotatable bonds is 6. The number of sulfonamides is 1. The molecule has 1 N–H and O–H groups in total. The van der Waals surface area contributed by atoms with Crippen LogP contribution in [-0.2, 0) is 22.0 Å². The van der Waals surface area contributed by atoms with Crippen molar-refractivity contribution in [1.82, 2.24) is 4.72 Å². The fraction of sp³-hybridized carbons (Fsp3) is 0.222. The van der Waals surface area contributed by atoms with E-state index in [2.05, 4.69) is 16.6 Å². The number of para-hydroxylation sites is 1. The van der Waals surface area contributed by atoms with Crippen molar-refractivity contribution in [1.29, 1.82) is 0 Å². The molecule has 9 heteroatoms. The lowest BCUT2D eigenvalue weighted by Crippen LogP contribution is -2.25. The van der Waals surface area contributed by atoms with E-state index in [0.717, 1.165) is 24.3 Å². The summed E-state index contributed by atoms with van der Waals surface area (Å²) in [5, 5.41) is 0.441. The number of hydrogen-bond donors (Lipinski definition) is 1. The molecule has 0 radical (unpaired) electrons. The van der Waals surface area contributed by atoms with Gasteiger partial charge in [0.25, 0.3) is 0 Å². The lowest BCUT2D eigenvalue weighted by atomic mass is 10.1. The second-order valence-electron chi connectivity index (χ2n) is 5.35. The van der Waals surface area contributed by atoms with Crippen LogP contribution in [0.5, 0.6) is 5.75 Å². The maximum absolute atomic E-state index is 12.5. The molecule has 0 spiro atoms. The van der Waals surface area contributed by atoms with E-state index in [9.17, 15) is 21.6 Å². The molecule has 0 aliphatic carbocycles. The molecular weight excluding hydrogens is 403 g/mol. The number of benzene rings is 2. The first-order valence-corrected chi connectivity index (χ1v) is 9.67. The highest BCUT2D eigenvalue weighted by atomic mass is 35.5. The topological polar surface area (TPSA) is 55.4 Å². The molecule has 2 rings (SSSR count). The number of alkyl halides is 3. The maximum atomic E-state index is 12.5. The summed E-state index contributed by atoms with van der Waals surface area (Å²) in [5.41, 5.74) is -0.591. The fourth-order valence-electron chi connectivity index (χ4n) is 2.00. The quantitative estimate of drug-likeness (QED) is 0.726. The molecule has 0 saturated carbocycles. The van der Waals surface area contributed by atoms with Crippen LogP contribution in [0.1, 0.15) is 11.1 Å². The van der Waals surface area contributed by atoms with Crippen molar-refractivity contribution in [2.45, 2.75) is 11.9 Å². The summed E-state index contributed by atoms with van der Waals surface area (Å²) in [7, 11) is -3.72. The van der Waals surface area contributed by atoms with E-state index in [1.807, 2.05) is 0 Å². The van der Waals surface area contributed by atoms with Gasteiger partial charge in [-0.15, -0.1) is 0 Å². The molecule has 0 aliphatic heterocycles. The summed E-state index contributed by atoms with van der Waals surface area (Å²) in [4.78, 5) is 0. The van der Waals surface area contributed by atoms with Crippen LogP contribution in [0.25, 0.3) is 0 Å². The van der Waals surface area contributed by atoms with Crippen LogP contribution in [0.15, 0.2) is 48.5 Å². The molecular formula is C18H15ClF3NO3S. The number of ether oxygens (including phenoxy) is 1. The lowest BCUT2D eigenvalue weighted by molar-refractivity contribution is -0.137. The third-order valence-electron chi connectivity index (χ3n) is 3.28. The van der Waals surface area contributed by atoms with E-state index < -0.39 is 27.5 Å². The molecule has 0 bridgehead atoms. The van der Waals surface area contributed by atoms with Crippen LogP contribution in [-0.4, -0.2) is 21.6 Å². The molecule has 27 heavy (non-hydrogen) atoms. The first-order chi connectivity index (χ1) is 12.7. The first kappa shape index (κ1) is 21.1. The van der Waals surface area contributed by atoms with Crippen LogP contribution in [0.3, 0.4) is 0 Å². The van der Waals surface area contributed by atoms with Gasteiger partial charge in [0.05, 0.1) is 22.9 Å². The Hall–Kier alpha value is -2.21. The van der Waals surface area contributed by atoms with Gasteiger partial charge in [0.1, 0.15) is 12.4 Å². The molecule has 0 fully saturated rings. The predicted molar refractivity (Wildman–Crippen MR) is 96.8 cm³/mol. The average Bonchev–Trinajstić information content (AvgIpc) is 2.58. The highest BCUT2D eigenvalue weighted by Crippen LogP contribution is 2.29. The van der Waals surface area contributed by atoms with Gasteiger partial charge in [0.15, 0.2) is 0 Å². The Morgan fingerprint density at radius 2 is 1.70 bits per heavy atom. The summed E-state index contributed by atoms with van der Waals surface area (Å²) < 4.78 is 68.9. The van der Waals surface area contributed by atoms with Crippen LogP contribution >= 0.6 is 11.6 Å². The van der Waals surface area contributed by atoms with E-state index >= 15 is 0 Å². The van der Waals surface area contributed by atoms with Crippen molar-refractivity contribution in [3.8, 4) is 17.6 Å². The Morgan fingerprint density at radius 1 is 1.04 bits per heavy atom. The van der Waals surface area contributed by atoms with E-state index in [1.54, 1.807) is 24.3 Å². The number of hydrogen-bond acceptors (Lipinski definition) is 3. The Morgan fingerprint density at radius 3 is 2.33 bits per heavy atom. The van der Waals surface area contributed by atoms with Gasteiger partial charge in [0, 0.05) is 0 Å². The Labute approximate surface area is 160 Å². The Balaban J connectivity index is 1.81. The van der Waals surface area contributed by atoms with E-state index in [-0.39, 0.29) is 18.7 Å². The zero-order valence-corrected chi connectivity index (χ0v) is 15.5. The summed E-state index contributed by atoms with van der Waals surface area (Å²) in [6, 6.07) is 10.8. The normalized spacial score (nSPS) is 11.6. The van der Waals surface area contributed by atoms with Crippen LogP contribution in [0.4, 0.5) is 13.2 Å². The third kappa shape index (κ3) is 7.13. The van der Waals surface area contributed by atoms with E-state index in [0.29, 0.717) is 10.8 Å². The molecule has 2 aromatic rings. The minimum absolute atomic E-state index is 0.0321. The third-order valence-corrected chi connectivity index (χ3v) is 4.89. The first-order valence-electron chi connectivity index (χ1n) is 7.64. The maximum Gasteiger partial charge on any atom is 0.416 e. The van der Waals surface area contributed by atoms with Gasteiger partial charge in [0.2, 0.25) is 10.0 Å². The molecule has 0 heterocycles. The monoisotopic (exact) mass is 417 g/mol. The van der Waals surface area contributed by atoms with Gasteiger partial charge in [-0.05, 0) is 29.8 Å². The average molecular weight is 418 g/mol. The van der Waals surface area contributed by atoms with Gasteiger partial charge in [-0.1, -0.05) is 47.7 Å². The molecule has 0 aromatic heterocycles. The zero-order chi connectivity index (χ0) is 19.9. The molecule has 0 saturated heterocycles. The van der Waals surface area contributed by atoms with Gasteiger partial charge in [-0.25, -0.2) is 13.1 Å². The minimum Gasteiger partial charge on any atom is -0.479 e. The van der Waals surface area contributed by atoms with Crippen molar-refractivity contribution < 1.29 is 26.3 Å². The molecule has 0 atom stereocenters. The summed E-state index contributed by atoms with van der Waals surface area (Å²) in [6.45, 7) is -0.112. The van der Waals surface area contributed by atoms with Gasteiger partial charge >= 0.3 is 6.18 Å². The second-order valence-corrected chi connectivity index (χ2v) is 7.56. The molecule has 144 valence electrons. The van der Waals surface area contributed by atoms with E-state index in [4.69, 9.17) is 16.3 Å². The minimum atomic E-state index is -4.46. The van der Waals surface area contributed by atoms with Crippen molar-refractivity contribution >= 4 is 21.6 Å². The van der Waals surface area contributed by atoms with Crippen molar-refractivity contribution in [3.05, 3.63) is 64.7 Å². The van der Waals surface area contributed by atoms with Crippen LogP contribution < -0.4 is 9.46 Å². The molecule has 2 aromatic carbocycles. The van der Waals surface area contributed by atoms with Gasteiger partial charge in [-0.3, -0.25) is 0 Å².